The lowest BCUT2D eigenvalue weighted by atomic mass is 10.0. The second-order valence-electron chi connectivity index (χ2n) is 6.09. The Morgan fingerprint density at radius 3 is 2.92 bits per heavy atom. The molecular formula is C19H21ClFN3O. The predicted molar refractivity (Wildman–Crippen MR) is 98.3 cm³/mol. The van der Waals surface area contributed by atoms with Gasteiger partial charge in [-0.3, -0.25) is 9.69 Å². The van der Waals surface area contributed by atoms with Crippen molar-refractivity contribution in [3.05, 3.63) is 64.9 Å². The number of rotatable bonds is 5. The molecule has 1 fully saturated rings. The molecule has 0 bridgehead atoms. The lowest BCUT2D eigenvalue weighted by Crippen LogP contribution is -2.46. The van der Waals surface area contributed by atoms with E-state index in [0.29, 0.717) is 18.0 Å². The number of carbonyl (C=O) groups is 1. The molecule has 0 aliphatic carbocycles. The molecular weight excluding hydrogens is 341 g/mol. The summed E-state index contributed by atoms with van der Waals surface area (Å²) in [6.45, 7) is 3.16. The van der Waals surface area contributed by atoms with Crippen molar-refractivity contribution in [2.45, 2.75) is 12.5 Å². The topological polar surface area (TPSA) is 44.4 Å². The number of nitrogens with one attached hydrogen (secondary N) is 2. The molecule has 1 heterocycles. The molecule has 0 saturated carbocycles. The van der Waals surface area contributed by atoms with Crippen LogP contribution in [0.15, 0.2) is 48.5 Å². The van der Waals surface area contributed by atoms with Crippen LogP contribution in [0.5, 0.6) is 0 Å². The summed E-state index contributed by atoms with van der Waals surface area (Å²) >= 11 is 6.11. The molecule has 1 saturated heterocycles. The monoisotopic (exact) mass is 361 g/mol. The van der Waals surface area contributed by atoms with E-state index in [1.54, 1.807) is 18.2 Å². The van der Waals surface area contributed by atoms with Gasteiger partial charge < -0.3 is 10.6 Å². The number of para-hydroxylation sites is 1. The van der Waals surface area contributed by atoms with Crippen molar-refractivity contribution in [1.29, 1.82) is 0 Å². The molecule has 0 aromatic heterocycles. The predicted octanol–water partition coefficient (Wildman–Crippen LogP) is 3.45. The second-order valence-corrected chi connectivity index (χ2v) is 6.53. The minimum Gasteiger partial charge on any atom is -0.324 e. The normalized spacial score (nSPS) is 18.1. The number of carbonyl (C=O) groups excluding carboxylic acids is 1. The number of nitrogens with zero attached hydrogens (tertiary/aromatic N) is 1. The first-order valence-corrected chi connectivity index (χ1v) is 8.76. The maximum Gasteiger partial charge on any atom is 0.225 e. The Morgan fingerprint density at radius 2 is 2.12 bits per heavy atom. The van der Waals surface area contributed by atoms with Crippen molar-refractivity contribution in [3.8, 4) is 0 Å². The van der Waals surface area contributed by atoms with Gasteiger partial charge in [0.2, 0.25) is 5.91 Å². The summed E-state index contributed by atoms with van der Waals surface area (Å²) in [6.07, 6.45) is 0.311. The van der Waals surface area contributed by atoms with Crippen LogP contribution in [0.4, 0.5) is 10.1 Å². The third kappa shape index (κ3) is 4.78. The van der Waals surface area contributed by atoms with E-state index < -0.39 is 5.82 Å². The van der Waals surface area contributed by atoms with Crippen LogP contribution in [0.3, 0.4) is 0 Å². The van der Waals surface area contributed by atoms with Crippen LogP contribution in [0.2, 0.25) is 5.02 Å². The highest BCUT2D eigenvalue weighted by Gasteiger charge is 2.24. The van der Waals surface area contributed by atoms with Gasteiger partial charge in [0, 0.05) is 43.7 Å². The van der Waals surface area contributed by atoms with Crippen LogP contribution < -0.4 is 10.6 Å². The van der Waals surface area contributed by atoms with Crippen LogP contribution in [0, 0.1) is 5.82 Å². The Hall–Kier alpha value is -1.95. The molecule has 2 aromatic rings. The zero-order valence-corrected chi connectivity index (χ0v) is 14.6. The van der Waals surface area contributed by atoms with Gasteiger partial charge in [-0.1, -0.05) is 35.9 Å². The highest BCUT2D eigenvalue weighted by molar-refractivity contribution is 6.30. The van der Waals surface area contributed by atoms with Gasteiger partial charge in [-0.05, 0) is 29.8 Å². The molecule has 1 unspecified atom stereocenters. The summed E-state index contributed by atoms with van der Waals surface area (Å²) in [5.74, 6) is -0.608. The lowest BCUT2D eigenvalue weighted by molar-refractivity contribution is -0.116. The average molecular weight is 362 g/mol. The zero-order chi connectivity index (χ0) is 17.6. The quantitative estimate of drug-likeness (QED) is 0.857. The van der Waals surface area contributed by atoms with Crippen molar-refractivity contribution < 1.29 is 9.18 Å². The summed E-state index contributed by atoms with van der Waals surface area (Å²) in [5.41, 5.74) is 1.36. The van der Waals surface area contributed by atoms with Gasteiger partial charge in [0.1, 0.15) is 5.82 Å². The van der Waals surface area contributed by atoms with E-state index in [-0.39, 0.29) is 17.6 Å². The van der Waals surface area contributed by atoms with Gasteiger partial charge >= 0.3 is 0 Å². The molecule has 0 radical (unpaired) electrons. The minimum absolute atomic E-state index is 0.175. The van der Waals surface area contributed by atoms with Crippen LogP contribution in [0.1, 0.15) is 18.0 Å². The number of piperazine rings is 1. The van der Waals surface area contributed by atoms with Crippen LogP contribution in [-0.4, -0.2) is 37.0 Å². The van der Waals surface area contributed by atoms with Gasteiger partial charge in [0.25, 0.3) is 0 Å². The van der Waals surface area contributed by atoms with E-state index >= 15 is 0 Å². The standard InChI is InChI=1S/C19H21ClFN3O/c20-15-5-3-4-14(12-15)18-13-22-9-11-24(18)10-8-19(25)23-17-7-2-1-6-16(17)21/h1-7,12,18,22H,8-11,13H2,(H,23,25). The van der Waals surface area contributed by atoms with E-state index in [9.17, 15) is 9.18 Å². The lowest BCUT2D eigenvalue weighted by Gasteiger charge is -2.36. The highest BCUT2D eigenvalue weighted by atomic mass is 35.5. The number of anilines is 1. The molecule has 1 aliphatic heterocycles. The number of hydrogen-bond acceptors (Lipinski definition) is 3. The van der Waals surface area contributed by atoms with Crippen molar-refractivity contribution in [2.75, 3.05) is 31.5 Å². The fraction of sp³-hybridized carbons (Fsp3) is 0.316. The number of hydrogen-bond donors (Lipinski definition) is 2. The smallest absolute Gasteiger partial charge is 0.225 e. The summed E-state index contributed by atoms with van der Waals surface area (Å²) in [7, 11) is 0. The number of benzene rings is 2. The van der Waals surface area contributed by atoms with Gasteiger partial charge in [0.15, 0.2) is 0 Å². The van der Waals surface area contributed by atoms with Gasteiger partial charge in [-0.25, -0.2) is 4.39 Å². The molecule has 6 heteroatoms. The molecule has 3 rings (SSSR count). The Morgan fingerprint density at radius 1 is 1.28 bits per heavy atom. The molecule has 1 aliphatic rings. The van der Waals surface area contributed by atoms with Crippen molar-refractivity contribution in [2.24, 2.45) is 0 Å². The molecule has 1 atom stereocenters. The summed E-state index contributed by atoms with van der Waals surface area (Å²) in [4.78, 5) is 14.4. The van der Waals surface area contributed by atoms with Crippen LogP contribution >= 0.6 is 11.6 Å². The summed E-state index contributed by atoms with van der Waals surface area (Å²) in [6, 6.07) is 14.2. The van der Waals surface area contributed by atoms with E-state index in [0.717, 1.165) is 25.2 Å². The Labute approximate surface area is 152 Å². The Balaban J connectivity index is 1.60. The van der Waals surface area contributed by atoms with Crippen molar-refractivity contribution >= 4 is 23.2 Å². The number of amides is 1. The molecule has 4 nitrogen and oxygen atoms in total. The molecule has 2 N–H and O–H groups in total. The first-order valence-electron chi connectivity index (χ1n) is 8.38. The first kappa shape index (κ1) is 17.9. The average Bonchev–Trinajstić information content (AvgIpc) is 2.62. The van der Waals surface area contributed by atoms with Crippen LogP contribution in [-0.2, 0) is 4.79 Å². The maximum atomic E-state index is 13.6. The minimum atomic E-state index is -0.421. The largest absolute Gasteiger partial charge is 0.324 e. The molecule has 132 valence electrons. The van der Waals surface area contributed by atoms with Crippen LogP contribution in [0.25, 0.3) is 0 Å². The van der Waals surface area contributed by atoms with E-state index in [1.807, 2.05) is 18.2 Å². The Bertz CT molecular complexity index is 740. The third-order valence-corrected chi connectivity index (χ3v) is 4.60. The molecule has 2 aromatic carbocycles. The summed E-state index contributed by atoms with van der Waals surface area (Å²) < 4.78 is 13.6. The highest BCUT2D eigenvalue weighted by Crippen LogP contribution is 2.24. The number of halogens is 2. The third-order valence-electron chi connectivity index (χ3n) is 4.36. The van der Waals surface area contributed by atoms with E-state index in [2.05, 4.69) is 21.6 Å². The molecule has 1 amide bonds. The van der Waals surface area contributed by atoms with E-state index in [4.69, 9.17) is 11.6 Å². The summed E-state index contributed by atoms with van der Waals surface area (Å²) in [5, 5.41) is 6.73. The van der Waals surface area contributed by atoms with Gasteiger partial charge in [-0.15, -0.1) is 0 Å². The zero-order valence-electron chi connectivity index (χ0n) is 13.8. The van der Waals surface area contributed by atoms with Gasteiger partial charge in [0.05, 0.1) is 5.69 Å². The fourth-order valence-corrected chi connectivity index (χ4v) is 3.28. The maximum absolute atomic E-state index is 13.6. The Kier molecular flexibility index (Phi) is 6.02. The van der Waals surface area contributed by atoms with Crippen molar-refractivity contribution in [1.82, 2.24) is 10.2 Å². The van der Waals surface area contributed by atoms with Gasteiger partial charge in [-0.2, -0.15) is 0 Å². The second kappa shape index (κ2) is 8.43. The van der Waals surface area contributed by atoms with E-state index in [1.165, 1.54) is 6.07 Å². The SMILES string of the molecule is O=C(CCN1CCNCC1c1cccc(Cl)c1)Nc1ccccc1F. The fourth-order valence-electron chi connectivity index (χ4n) is 3.08. The van der Waals surface area contributed by atoms with Crippen molar-refractivity contribution in [3.63, 3.8) is 0 Å². The molecule has 25 heavy (non-hydrogen) atoms. The molecule has 0 spiro atoms. The first-order chi connectivity index (χ1) is 12.1.